The Labute approximate surface area is 161 Å². The monoisotopic (exact) mass is 389 g/mol. The minimum absolute atomic E-state index is 0.0906. The fourth-order valence-corrected chi connectivity index (χ4v) is 2.63. The zero-order valence-electron chi connectivity index (χ0n) is 15.6. The lowest BCUT2D eigenvalue weighted by molar-refractivity contribution is -0.116. The average Bonchev–Trinajstić information content (AvgIpc) is 2.64. The zero-order chi connectivity index (χ0) is 20.7. The molecule has 0 heterocycles. The number of rotatable bonds is 7. The van der Waals surface area contributed by atoms with E-state index in [1.165, 1.54) is 7.05 Å². The van der Waals surface area contributed by atoms with Gasteiger partial charge in [0.25, 0.3) is 11.8 Å². The summed E-state index contributed by atoms with van der Waals surface area (Å²) < 4.78 is 26.4. The first-order chi connectivity index (χ1) is 13.3. The molecule has 0 radical (unpaired) electrons. The van der Waals surface area contributed by atoms with Gasteiger partial charge in [0.15, 0.2) is 0 Å². The molecule has 0 bridgehead atoms. The highest BCUT2D eigenvalue weighted by Gasteiger charge is 2.15. The molecule has 8 heteroatoms. The van der Waals surface area contributed by atoms with Gasteiger partial charge in [0, 0.05) is 26.1 Å². The third kappa shape index (κ3) is 5.35. The second-order valence-electron chi connectivity index (χ2n) is 6.11. The van der Waals surface area contributed by atoms with Crippen molar-refractivity contribution in [3.05, 3.63) is 64.7 Å². The number of halogens is 2. The first kappa shape index (κ1) is 21.0. The van der Waals surface area contributed by atoms with Crippen LogP contribution in [0, 0.1) is 18.6 Å². The average molecular weight is 389 g/mol. The van der Waals surface area contributed by atoms with Crippen LogP contribution in [0.2, 0.25) is 0 Å². The van der Waals surface area contributed by atoms with Crippen molar-refractivity contribution in [2.75, 3.05) is 18.9 Å². The standard InChI is InChI=1S/C20H21F2N3O3/c1-12-5-3-6-16(18(12)20(28)23-2)25-17(26)7-4-10-24-19(27)14-9-8-13(21)11-15(14)22/h3,5-6,8-9,11H,4,7,10H2,1-2H3,(H,23,28)(H,24,27)(H,25,26). The van der Waals surface area contributed by atoms with E-state index in [0.717, 1.165) is 17.7 Å². The molecule has 0 aromatic heterocycles. The molecule has 6 nitrogen and oxygen atoms in total. The Morgan fingerprint density at radius 1 is 1.04 bits per heavy atom. The Hall–Kier alpha value is -3.29. The van der Waals surface area contributed by atoms with Crippen LogP contribution in [-0.4, -0.2) is 31.3 Å². The van der Waals surface area contributed by atoms with Crippen LogP contribution >= 0.6 is 0 Å². The van der Waals surface area contributed by atoms with Gasteiger partial charge in [-0.3, -0.25) is 14.4 Å². The number of nitrogens with one attached hydrogen (secondary N) is 3. The molecular weight excluding hydrogens is 368 g/mol. The molecule has 2 aromatic rings. The van der Waals surface area contributed by atoms with Crippen LogP contribution in [-0.2, 0) is 4.79 Å². The van der Waals surface area contributed by atoms with Crippen LogP contribution in [0.5, 0.6) is 0 Å². The topological polar surface area (TPSA) is 87.3 Å². The molecule has 148 valence electrons. The summed E-state index contributed by atoms with van der Waals surface area (Å²) in [4.78, 5) is 36.0. The van der Waals surface area contributed by atoms with Crippen molar-refractivity contribution in [2.24, 2.45) is 0 Å². The van der Waals surface area contributed by atoms with Crippen LogP contribution < -0.4 is 16.0 Å². The summed E-state index contributed by atoms with van der Waals surface area (Å²) in [5.41, 5.74) is 1.26. The first-order valence-corrected chi connectivity index (χ1v) is 8.68. The zero-order valence-corrected chi connectivity index (χ0v) is 15.6. The van der Waals surface area contributed by atoms with Gasteiger partial charge in [-0.15, -0.1) is 0 Å². The predicted octanol–water partition coefficient (Wildman–Crippen LogP) is 2.78. The number of benzene rings is 2. The van der Waals surface area contributed by atoms with E-state index >= 15 is 0 Å². The van der Waals surface area contributed by atoms with Crippen LogP contribution in [0.4, 0.5) is 14.5 Å². The third-order valence-corrected chi connectivity index (χ3v) is 4.04. The van der Waals surface area contributed by atoms with Gasteiger partial charge in [0.05, 0.1) is 16.8 Å². The lowest BCUT2D eigenvalue weighted by Crippen LogP contribution is -2.26. The van der Waals surface area contributed by atoms with E-state index < -0.39 is 17.5 Å². The maximum atomic E-state index is 13.5. The smallest absolute Gasteiger partial charge is 0.254 e. The van der Waals surface area contributed by atoms with Gasteiger partial charge >= 0.3 is 0 Å². The van der Waals surface area contributed by atoms with E-state index in [2.05, 4.69) is 16.0 Å². The lowest BCUT2D eigenvalue weighted by Gasteiger charge is -2.12. The minimum Gasteiger partial charge on any atom is -0.355 e. The lowest BCUT2D eigenvalue weighted by atomic mass is 10.1. The molecule has 0 unspecified atom stereocenters. The van der Waals surface area contributed by atoms with E-state index in [0.29, 0.717) is 23.7 Å². The Bertz CT molecular complexity index is 900. The Morgan fingerprint density at radius 2 is 1.79 bits per heavy atom. The molecule has 0 fully saturated rings. The molecule has 2 rings (SSSR count). The number of hydrogen-bond donors (Lipinski definition) is 3. The summed E-state index contributed by atoms with van der Waals surface area (Å²) >= 11 is 0. The van der Waals surface area contributed by atoms with Crippen molar-refractivity contribution in [3.63, 3.8) is 0 Å². The number of carbonyl (C=O) groups excluding carboxylic acids is 3. The number of hydrogen-bond acceptors (Lipinski definition) is 3. The highest BCUT2D eigenvalue weighted by atomic mass is 19.1. The van der Waals surface area contributed by atoms with E-state index in [9.17, 15) is 23.2 Å². The summed E-state index contributed by atoms with van der Waals surface area (Å²) in [6.07, 6.45) is 0.398. The Morgan fingerprint density at radius 3 is 2.46 bits per heavy atom. The van der Waals surface area contributed by atoms with E-state index in [1.807, 2.05) is 0 Å². The van der Waals surface area contributed by atoms with Crippen molar-refractivity contribution < 1.29 is 23.2 Å². The van der Waals surface area contributed by atoms with Gasteiger partial charge in [-0.05, 0) is 37.1 Å². The summed E-state index contributed by atoms with van der Waals surface area (Å²) in [6.45, 7) is 1.91. The molecule has 0 saturated carbocycles. The molecule has 0 atom stereocenters. The van der Waals surface area contributed by atoms with Crippen molar-refractivity contribution >= 4 is 23.4 Å². The molecule has 0 spiro atoms. The molecular formula is C20H21F2N3O3. The van der Waals surface area contributed by atoms with Gasteiger partial charge in [0.1, 0.15) is 11.6 Å². The fraction of sp³-hybridized carbons (Fsp3) is 0.250. The van der Waals surface area contributed by atoms with Gasteiger partial charge in [-0.1, -0.05) is 12.1 Å². The van der Waals surface area contributed by atoms with Crippen molar-refractivity contribution in [3.8, 4) is 0 Å². The van der Waals surface area contributed by atoms with Crippen LogP contribution in [0.25, 0.3) is 0 Å². The molecule has 3 N–H and O–H groups in total. The molecule has 0 saturated heterocycles. The number of amides is 3. The van der Waals surface area contributed by atoms with E-state index in [1.54, 1.807) is 25.1 Å². The van der Waals surface area contributed by atoms with Crippen LogP contribution in [0.3, 0.4) is 0 Å². The normalized spacial score (nSPS) is 10.3. The minimum atomic E-state index is -0.948. The molecule has 0 aliphatic carbocycles. The number of aryl methyl sites for hydroxylation is 1. The van der Waals surface area contributed by atoms with Gasteiger partial charge in [-0.25, -0.2) is 8.78 Å². The second-order valence-corrected chi connectivity index (χ2v) is 6.11. The summed E-state index contributed by atoms with van der Waals surface area (Å²) in [5.74, 6) is -3.02. The quantitative estimate of drug-likeness (QED) is 0.637. The van der Waals surface area contributed by atoms with E-state index in [4.69, 9.17) is 0 Å². The van der Waals surface area contributed by atoms with E-state index in [-0.39, 0.29) is 30.3 Å². The van der Waals surface area contributed by atoms with Crippen molar-refractivity contribution in [2.45, 2.75) is 19.8 Å². The third-order valence-electron chi connectivity index (χ3n) is 4.04. The largest absolute Gasteiger partial charge is 0.355 e. The van der Waals surface area contributed by atoms with Gasteiger partial charge < -0.3 is 16.0 Å². The van der Waals surface area contributed by atoms with Crippen LogP contribution in [0.15, 0.2) is 36.4 Å². The molecule has 2 aromatic carbocycles. The maximum Gasteiger partial charge on any atom is 0.254 e. The fourth-order valence-electron chi connectivity index (χ4n) is 2.63. The molecule has 3 amide bonds. The number of carbonyl (C=O) groups is 3. The predicted molar refractivity (Wildman–Crippen MR) is 101 cm³/mol. The van der Waals surface area contributed by atoms with Gasteiger partial charge in [0.2, 0.25) is 5.91 Å². The Balaban J connectivity index is 1.86. The van der Waals surface area contributed by atoms with Crippen molar-refractivity contribution in [1.29, 1.82) is 0 Å². The highest BCUT2D eigenvalue weighted by molar-refractivity contribution is 6.04. The molecule has 0 aliphatic heterocycles. The van der Waals surface area contributed by atoms with Gasteiger partial charge in [-0.2, -0.15) is 0 Å². The van der Waals surface area contributed by atoms with Crippen molar-refractivity contribution in [1.82, 2.24) is 10.6 Å². The first-order valence-electron chi connectivity index (χ1n) is 8.68. The maximum absolute atomic E-state index is 13.5. The molecule has 0 aliphatic rings. The second kappa shape index (κ2) is 9.59. The highest BCUT2D eigenvalue weighted by Crippen LogP contribution is 2.19. The summed E-state index contributed by atoms with van der Waals surface area (Å²) in [7, 11) is 1.51. The summed E-state index contributed by atoms with van der Waals surface area (Å²) in [6, 6.07) is 7.82. The SMILES string of the molecule is CNC(=O)c1c(C)cccc1NC(=O)CCCNC(=O)c1ccc(F)cc1F. The summed E-state index contributed by atoms with van der Waals surface area (Å²) in [5, 5.41) is 7.70. The Kier molecular flexibility index (Phi) is 7.20. The van der Waals surface area contributed by atoms with Crippen LogP contribution in [0.1, 0.15) is 39.1 Å². The molecule has 28 heavy (non-hydrogen) atoms. The number of anilines is 1.